The predicted octanol–water partition coefficient (Wildman–Crippen LogP) is 1.31. The first kappa shape index (κ1) is 22.9. The molecule has 2 aromatic rings. The van der Waals surface area contributed by atoms with Gasteiger partial charge in [0.2, 0.25) is 10.0 Å². The number of nitrogens with zero attached hydrogens (tertiary/aromatic N) is 4. The van der Waals surface area contributed by atoms with E-state index >= 15 is 0 Å². The summed E-state index contributed by atoms with van der Waals surface area (Å²) in [6, 6.07) is 1.34. The van der Waals surface area contributed by atoms with Crippen LogP contribution in [0.4, 0.5) is 14.6 Å². The number of nitrogens with one attached hydrogen (secondary N) is 3. The Morgan fingerprint density at radius 2 is 2.19 bits per heavy atom. The Labute approximate surface area is 178 Å². The van der Waals surface area contributed by atoms with Crippen molar-refractivity contribution >= 4 is 27.6 Å². The smallest absolute Gasteiger partial charge is 0.279 e. The first-order chi connectivity index (χ1) is 14.6. The van der Waals surface area contributed by atoms with E-state index in [9.17, 15) is 17.2 Å². The van der Waals surface area contributed by atoms with Crippen LogP contribution in [0.1, 0.15) is 12.7 Å². The van der Waals surface area contributed by atoms with Crippen LogP contribution in [0.3, 0.4) is 0 Å². The summed E-state index contributed by atoms with van der Waals surface area (Å²) in [6.45, 7) is 3.17. The van der Waals surface area contributed by atoms with Crippen LogP contribution in [0.2, 0.25) is 0 Å². The standard InChI is InChI=1S/C18H23F2N7O3S/c1-11(26-31(2,28)29)15-9-27(5-6-30-15)17-7-13(23-10-24-17)14-8-22-16(25-14)4-3-12(21)18(19)20/h3-4,7-8,10-11,15,18,21,26H,5-6,9H2,1-2H3,(H,22,25)/b4-3-,21-12?. The fourth-order valence-electron chi connectivity index (χ4n) is 3.06. The number of rotatable bonds is 8. The maximum atomic E-state index is 12.4. The zero-order chi connectivity index (χ0) is 22.6. The molecule has 1 fully saturated rings. The van der Waals surface area contributed by atoms with Gasteiger partial charge in [-0.15, -0.1) is 0 Å². The average Bonchev–Trinajstić information content (AvgIpc) is 3.20. The van der Waals surface area contributed by atoms with Gasteiger partial charge < -0.3 is 14.6 Å². The third-order valence-corrected chi connectivity index (χ3v) is 5.35. The van der Waals surface area contributed by atoms with Gasteiger partial charge in [0.15, 0.2) is 0 Å². The predicted molar refractivity (Wildman–Crippen MR) is 112 cm³/mol. The molecule has 1 aliphatic heterocycles. The highest BCUT2D eigenvalue weighted by molar-refractivity contribution is 7.88. The number of imidazole rings is 1. The number of hydrogen-bond donors (Lipinski definition) is 3. The summed E-state index contributed by atoms with van der Waals surface area (Å²) in [5.41, 5.74) is 0.305. The second-order valence-corrected chi connectivity index (χ2v) is 8.85. The number of ether oxygens (including phenoxy) is 1. The molecule has 2 atom stereocenters. The lowest BCUT2D eigenvalue weighted by molar-refractivity contribution is 0.0239. The highest BCUT2D eigenvalue weighted by atomic mass is 32.2. The van der Waals surface area contributed by atoms with Gasteiger partial charge in [-0.1, -0.05) is 0 Å². The van der Waals surface area contributed by atoms with E-state index in [1.807, 2.05) is 4.90 Å². The lowest BCUT2D eigenvalue weighted by atomic mass is 10.1. The number of sulfonamides is 1. The van der Waals surface area contributed by atoms with E-state index in [-0.39, 0.29) is 6.10 Å². The molecular formula is C18H23F2N7O3S. The Balaban J connectivity index is 1.72. The Morgan fingerprint density at radius 3 is 2.90 bits per heavy atom. The molecule has 3 rings (SSSR count). The molecule has 3 heterocycles. The monoisotopic (exact) mass is 455 g/mol. The largest absolute Gasteiger partial charge is 0.373 e. The van der Waals surface area contributed by atoms with Crippen LogP contribution in [0.25, 0.3) is 17.5 Å². The molecule has 1 saturated heterocycles. The Morgan fingerprint density at radius 1 is 1.42 bits per heavy atom. The maximum absolute atomic E-state index is 12.4. The normalized spacial score (nSPS) is 18.6. The van der Waals surface area contributed by atoms with Gasteiger partial charge in [-0.3, -0.25) is 5.41 Å². The van der Waals surface area contributed by atoms with Gasteiger partial charge in [-0.05, 0) is 19.1 Å². The van der Waals surface area contributed by atoms with Crippen molar-refractivity contribution in [2.45, 2.75) is 25.5 Å². The van der Waals surface area contributed by atoms with Crippen molar-refractivity contribution in [3.05, 3.63) is 30.5 Å². The molecule has 0 aliphatic carbocycles. The fourth-order valence-corrected chi connectivity index (χ4v) is 3.89. The van der Waals surface area contributed by atoms with Gasteiger partial charge in [0.05, 0.1) is 42.3 Å². The summed E-state index contributed by atoms with van der Waals surface area (Å²) >= 11 is 0. The zero-order valence-corrected chi connectivity index (χ0v) is 17.7. The lowest BCUT2D eigenvalue weighted by Crippen LogP contribution is -2.52. The number of H-pyrrole nitrogens is 1. The molecule has 13 heteroatoms. The summed E-state index contributed by atoms with van der Waals surface area (Å²) < 4.78 is 56.1. The number of aromatic nitrogens is 4. The topological polar surface area (TPSA) is 137 Å². The quantitative estimate of drug-likeness (QED) is 0.510. The van der Waals surface area contributed by atoms with Crippen molar-refractivity contribution in [2.24, 2.45) is 0 Å². The van der Waals surface area contributed by atoms with Gasteiger partial charge >= 0.3 is 0 Å². The molecule has 1 aliphatic rings. The van der Waals surface area contributed by atoms with Gasteiger partial charge in [-0.2, -0.15) is 0 Å². The van der Waals surface area contributed by atoms with E-state index < -0.39 is 28.2 Å². The van der Waals surface area contributed by atoms with E-state index in [0.29, 0.717) is 42.7 Å². The molecule has 31 heavy (non-hydrogen) atoms. The highest BCUT2D eigenvalue weighted by Crippen LogP contribution is 2.22. The first-order valence-corrected chi connectivity index (χ1v) is 11.3. The van der Waals surface area contributed by atoms with Crippen LogP contribution in [0.5, 0.6) is 0 Å². The molecule has 2 aromatic heterocycles. The van der Waals surface area contributed by atoms with Gasteiger partial charge in [0.1, 0.15) is 18.0 Å². The number of morpholine rings is 1. The summed E-state index contributed by atoms with van der Waals surface area (Å²) in [5, 5.41) is 7.15. The molecule has 168 valence electrons. The molecule has 0 bridgehead atoms. The van der Waals surface area contributed by atoms with Crippen molar-refractivity contribution in [2.75, 3.05) is 30.9 Å². The number of anilines is 1. The molecule has 0 spiro atoms. The summed E-state index contributed by atoms with van der Waals surface area (Å²) in [6.07, 6.45) is 3.10. The lowest BCUT2D eigenvalue weighted by Gasteiger charge is -2.36. The van der Waals surface area contributed by atoms with Gasteiger partial charge in [0, 0.05) is 25.2 Å². The number of aromatic amines is 1. The second kappa shape index (κ2) is 9.58. The van der Waals surface area contributed by atoms with Crippen molar-refractivity contribution in [3.8, 4) is 11.4 Å². The second-order valence-electron chi connectivity index (χ2n) is 7.07. The molecule has 3 N–H and O–H groups in total. The van der Waals surface area contributed by atoms with Crippen LogP contribution >= 0.6 is 0 Å². The molecule has 10 nitrogen and oxygen atoms in total. The maximum Gasteiger partial charge on any atom is 0.279 e. The van der Waals surface area contributed by atoms with E-state index in [0.717, 1.165) is 12.3 Å². The molecule has 2 unspecified atom stereocenters. The third kappa shape index (κ3) is 6.35. The molecule has 0 saturated carbocycles. The summed E-state index contributed by atoms with van der Waals surface area (Å²) in [5.74, 6) is 0.948. The van der Waals surface area contributed by atoms with Crippen molar-refractivity contribution in [1.82, 2.24) is 24.7 Å². The van der Waals surface area contributed by atoms with Crippen LogP contribution in [-0.2, 0) is 14.8 Å². The van der Waals surface area contributed by atoms with Crippen LogP contribution in [0.15, 0.2) is 24.7 Å². The zero-order valence-electron chi connectivity index (χ0n) is 16.9. The average molecular weight is 455 g/mol. The van der Waals surface area contributed by atoms with Crippen molar-refractivity contribution in [1.29, 1.82) is 5.41 Å². The first-order valence-electron chi connectivity index (χ1n) is 9.38. The minimum atomic E-state index is -3.36. The van der Waals surface area contributed by atoms with Crippen LogP contribution in [0, 0.1) is 5.41 Å². The van der Waals surface area contributed by atoms with Gasteiger partial charge in [0.25, 0.3) is 6.43 Å². The number of allylic oxidation sites excluding steroid dienone is 1. The SMILES string of the molecule is CC(NS(C)(=O)=O)C1CN(c2cc(-c3cnc(/C=C\C(=N)C(F)F)[nH]3)ncn2)CCO1. The summed E-state index contributed by atoms with van der Waals surface area (Å²) in [7, 11) is -3.36. The van der Waals surface area contributed by atoms with E-state index in [1.165, 1.54) is 18.6 Å². The Hall–Kier alpha value is -2.77. The molecule has 0 radical (unpaired) electrons. The summed E-state index contributed by atoms with van der Waals surface area (Å²) in [4.78, 5) is 17.6. The fraction of sp³-hybridized carbons (Fsp3) is 0.444. The van der Waals surface area contributed by atoms with Gasteiger partial charge in [-0.25, -0.2) is 36.9 Å². The number of hydrogen-bond acceptors (Lipinski definition) is 8. The van der Waals surface area contributed by atoms with E-state index in [4.69, 9.17) is 10.1 Å². The van der Waals surface area contributed by atoms with E-state index in [1.54, 1.807) is 13.0 Å². The Kier molecular flexibility index (Phi) is 7.08. The molecule has 0 aromatic carbocycles. The van der Waals surface area contributed by atoms with E-state index in [2.05, 4.69) is 24.7 Å². The number of alkyl halides is 2. The Bertz CT molecular complexity index is 1060. The highest BCUT2D eigenvalue weighted by Gasteiger charge is 2.28. The molecular weight excluding hydrogens is 432 g/mol. The van der Waals surface area contributed by atoms with Crippen LogP contribution in [-0.4, -0.2) is 78.6 Å². The van der Waals surface area contributed by atoms with Crippen LogP contribution < -0.4 is 9.62 Å². The molecule has 0 amide bonds. The van der Waals surface area contributed by atoms with Crippen molar-refractivity contribution < 1.29 is 21.9 Å². The minimum Gasteiger partial charge on any atom is -0.373 e. The van der Waals surface area contributed by atoms with Crippen molar-refractivity contribution in [3.63, 3.8) is 0 Å². The third-order valence-electron chi connectivity index (χ3n) is 4.56. The number of halogens is 2. The minimum absolute atomic E-state index is 0.313.